The molecular weight excluding hydrogens is 2110 g/mol. The first kappa shape index (κ1) is 113. The molecule has 0 bridgehead atoms. The van der Waals surface area contributed by atoms with Crippen LogP contribution < -0.4 is 0 Å². The molecule has 14 atom stereocenters. The number of piperidine rings is 3. The zero-order valence-electron chi connectivity index (χ0n) is 77.4. The van der Waals surface area contributed by atoms with Gasteiger partial charge in [-0.2, -0.15) is 0 Å². The molecule has 10 saturated heterocycles. The van der Waals surface area contributed by atoms with Crippen molar-refractivity contribution in [2.24, 2.45) is 35.5 Å². The van der Waals surface area contributed by atoms with Crippen molar-refractivity contribution in [1.29, 1.82) is 0 Å². The second-order valence-corrected chi connectivity index (χ2v) is 69.4. The van der Waals surface area contributed by atoms with Gasteiger partial charge in [-0.15, -0.1) is 34.0 Å². The molecule has 0 saturated carbocycles. The molecule has 29 nitrogen and oxygen atoms in total. The highest BCUT2D eigenvalue weighted by atomic mass is 35.5. The number of hydrogen-bond donors (Lipinski definition) is 0. The van der Waals surface area contributed by atoms with Crippen LogP contribution in [-0.2, 0) is 123 Å². The smallest absolute Gasteiger partial charge is 0.193 e. The van der Waals surface area contributed by atoms with E-state index in [1.165, 1.54) is 84.1 Å². The van der Waals surface area contributed by atoms with Crippen LogP contribution in [0.1, 0.15) is 138 Å². The number of unbranched alkanes of at least 4 members (excludes halogenated alkanes) is 1. The van der Waals surface area contributed by atoms with Gasteiger partial charge in [-0.25, -0.2) is 101 Å². The van der Waals surface area contributed by atoms with Gasteiger partial charge in [-0.3, -0.25) is 19.6 Å². The lowest BCUT2D eigenvalue weighted by atomic mass is 9.91. The maximum absolute atomic E-state index is 12.9. The second-order valence-electron chi connectivity index (χ2n) is 38.6. The first-order chi connectivity index (χ1) is 63.4. The van der Waals surface area contributed by atoms with Crippen LogP contribution in [0.3, 0.4) is 0 Å². The largest absolute Gasteiger partial charge is 0.379 e. The molecular formula is C89H129Cl3N4O25S15. The normalized spacial score (nSPS) is 28.7. The molecule has 47 heteroatoms. The molecule has 10 aliphatic rings. The number of ether oxygens (including phenoxy) is 1. The Morgan fingerprint density at radius 1 is 0.338 bits per heavy atom. The summed E-state index contributed by atoms with van der Waals surface area (Å²) >= 11 is 20.9. The third-order valence-electron chi connectivity index (χ3n) is 27.0. The fourth-order valence-electron chi connectivity index (χ4n) is 20.1. The lowest BCUT2D eigenvalue weighted by Gasteiger charge is -2.40. The van der Waals surface area contributed by atoms with Crippen LogP contribution in [0.4, 0.5) is 0 Å². The molecule has 136 heavy (non-hydrogen) atoms. The van der Waals surface area contributed by atoms with E-state index in [-0.39, 0.29) is 120 Å². The predicted octanol–water partition coefficient (Wildman–Crippen LogP) is 12.1. The quantitative estimate of drug-likeness (QED) is 0.0455. The molecule has 0 amide bonds. The van der Waals surface area contributed by atoms with E-state index in [9.17, 15) is 101 Å². The Bertz CT molecular complexity index is 6430. The molecule has 6 aromatic rings. The van der Waals surface area contributed by atoms with Crippen molar-refractivity contribution >= 4 is 187 Å². The second kappa shape index (κ2) is 47.1. The molecule has 0 spiro atoms. The van der Waals surface area contributed by atoms with E-state index in [1.807, 2.05) is 18.7 Å². The maximum atomic E-state index is 12.9. The maximum Gasteiger partial charge on any atom is 0.193 e. The summed E-state index contributed by atoms with van der Waals surface area (Å²) in [7, 11) is -41.7. The van der Waals surface area contributed by atoms with Gasteiger partial charge in [0.15, 0.2) is 118 Å². The molecule has 0 aliphatic carbocycles. The standard InChI is InChI=1S/C17H25ClO5S2.C16H23ClO4S2.C15H23NO4S3.C14H18ClNO4S2.C14H21NO4S3.C13H19NO4S3/c1-13(2)23-10-4-3-5-14-11-24(19,20)12-17(14)25(21,22)16-8-6-15(18)7-9-16;1-12(2)4-3-5-13-10-22(18,19)11-16(13)23(20,21)15-8-6-14(17)7-9-15;1-11-6-12(2)8-16(7-11)13-9-22(17,18)10-14(13)23(19,20)15-4-3-5-21-15;15-11-3-5-12(6-4-11)22(19,20)14-10-21(17,18)9-13(14)16-7-1-2-8-16;1-11-4-6-15(7-5-11)12-9-21(16,17)10-13(12)22(18,19)14-3-2-8-20-14;15-20(16)9-11(14-6-2-1-3-7-14)12(10-20)21(17,18)13-5-4-8-19-13/h6-9,13-14,17H,3-5,10-12H2,1-2H3;6-9,12-13,16H,3-5,10-11H2,1-2H3;3-5,11-14H,6-10H2,1-2H3;3-6,13-14H,1-2,7-10H2;2-3,8,11-13H,4-7,9-10H2,1H3;4-5,8,11-12H,1-3,6-7,9-10H2/t14-,17-;13-,16-;11-,12+,13-,14-;13-,14-;12-,13-;11-,12-/m000000/s1. The molecule has 0 N–H and O–H groups in total. The summed E-state index contributed by atoms with van der Waals surface area (Å²) < 4.78 is 305. The highest BCUT2D eigenvalue weighted by Crippen LogP contribution is 2.41. The van der Waals surface area contributed by atoms with Crippen LogP contribution in [0, 0.1) is 35.5 Å². The predicted molar refractivity (Wildman–Crippen MR) is 542 cm³/mol. The summed E-state index contributed by atoms with van der Waals surface area (Å²) in [5, 5.41) is 1.39. The Hall–Kier alpha value is -3.17. The number of rotatable bonds is 26. The summed E-state index contributed by atoms with van der Waals surface area (Å²) in [4.78, 5) is 8.71. The number of hydrogen-bond acceptors (Lipinski definition) is 32. The van der Waals surface area contributed by atoms with Gasteiger partial charge in [0.1, 0.15) is 12.6 Å². The van der Waals surface area contributed by atoms with Gasteiger partial charge in [0.05, 0.1) is 121 Å². The summed E-state index contributed by atoms with van der Waals surface area (Å²) in [6.07, 6.45) is 13.0. The molecule has 16 rings (SSSR count). The number of likely N-dealkylation sites (tertiary alicyclic amines) is 4. The van der Waals surface area contributed by atoms with E-state index < -0.39 is 168 Å². The van der Waals surface area contributed by atoms with Crippen molar-refractivity contribution in [3.05, 3.63) is 140 Å². The Kier molecular flexibility index (Phi) is 39.2. The van der Waals surface area contributed by atoms with Crippen LogP contribution >= 0.6 is 68.8 Å². The number of halogens is 3. The van der Waals surface area contributed by atoms with E-state index in [1.54, 1.807) is 52.5 Å². The van der Waals surface area contributed by atoms with Gasteiger partial charge >= 0.3 is 0 Å². The Labute approximate surface area is 835 Å². The van der Waals surface area contributed by atoms with Gasteiger partial charge in [-0.05, 0) is 260 Å². The van der Waals surface area contributed by atoms with Gasteiger partial charge in [0.25, 0.3) is 0 Å². The van der Waals surface area contributed by atoms with Crippen LogP contribution in [0.25, 0.3) is 0 Å². The molecule has 766 valence electrons. The third-order valence-corrected chi connectivity index (χ3v) is 57.1. The van der Waals surface area contributed by atoms with E-state index in [2.05, 4.69) is 49.3 Å². The number of nitrogens with zero attached hydrogens (tertiary/aromatic N) is 4. The van der Waals surface area contributed by atoms with Crippen molar-refractivity contribution in [2.75, 3.05) is 128 Å². The highest BCUT2D eigenvalue weighted by Gasteiger charge is 2.55. The molecule has 10 aliphatic heterocycles. The SMILES string of the molecule is CC(C)CCC[C@H]1CS(=O)(=O)C[C@@H]1S(=O)(=O)c1ccc(Cl)cc1.CC(C)OCCCC[C@H]1CS(=O)(=O)C[C@@H]1S(=O)(=O)c1ccc(Cl)cc1.CC1CCN([C@H]2CS(=O)(=O)C[C@@H]2S(=O)(=O)c2cccs2)CC1.C[C@@H]1C[C@H](C)CN([C@H]2CS(=O)(=O)C[C@@H]2S(=O)(=O)c2cccs2)C1.O=S1(=O)C[C@H](N2CCCC2)[C@@H](S(=O)(=O)c2ccc(Cl)cc2)C1.O=S1(=O)C[C@H](N2CCCCC2)[C@@H](S(=O)(=O)c2cccs2)C1. The minimum atomic E-state index is -3.70. The van der Waals surface area contributed by atoms with Crippen molar-refractivity contribution in [3.8, 4) is 0 Å². The first-order valence-electron chi connectivity index (χ1n) is 46.0. The lowest BCUT2D eigenvalue weighted by molar-refractivity contribution is 0.0752. The van der Waals surface area contributed by atoms with Gasteiger partial charge in [0.2, 0.25) is 0 Å². The Morgan fingerprint density at radius 3 is 0.941 bits per heavy atom. The summed E-state index contributed by atoms with van der Waals surface area (Å²) in [5.74, 6) is -0.461. The van der Waals surface area contributed by atoms with E-state index in [0.29, 0.717) is 58.2 Å². The minimum absolute atomic E-state index is 0.0252. The average molecular weight is 2240 g/mol. The summed E-state index contributed by atoms with van der Waals surface area (Å²) in [6.45, 7) is 21.5. The minimum Gasteiger partial charge on any atom is -0.379 e. The highest BCUT2D eigenvalue weighted by molar-refractivity contribution is 8.00. The topological polar surface area (TPSA) is 432 Å². The van der Waals surface area contributed by atoms with Crippen LogP contribution in [0.5, 0.6) is 0 Å². The molecule has 3 aromatic heterocycles. The number of benzene rings is 3. The molecule has 13 heterocycles. The van der Waals surface area contributed by atoms with Crippen molar-refractivity contribution in [2.45, 2.75) is 227 Å². The van der Waals surface area contributed by atoms with E-state index in [0.717, 1.165) is 152 Å². The molecule has 3 aromatic carbocycles. The Balaban J connectivity index is 0.000000157. The van der Waals surface area contributed by atoms with Gasteiger partial charge < -0.3 is 4.74 Å². The van der Waals surface area contributed by atoms with Crippen LogP contribution in [-0.4, -0.2) is 310 Å². The van der Waals surface area contributed by atoms with Gasteiger partial charge in [0, 0.05) is 58.9 Å². The van der Waals surface area contributed by atoms with Crippen molar-refractivity contribution in [3.63, 3.8) is 0 Å². The summed E-state index contributed by atoms with van der Waals surface area (Å²) in [6, 6.07) is 25.9. The monoisotopic (exact) mass is 2240 g/mol. The van der Waals surface area contributed by atoms with Crippen molar-refractivity contribution in [1.82, 2.24) is 19.6 Å². The number of sulfone groups is 12. The van der Waals surface area contributed by atoms with Crippen LogP contribution in [0.15, 0.2) is 153 Å². The zero-order chi connectivity index (χ0) is 99.7. The lowest BCUT2D eigenvalue weighted by Crippen LogP contribution is -2.51. The molecule has 10 fully saturated rings. The van der Waals surface area contributed by atoms with Crippen molar-refractivity contribution < 1.29 is 106 Å². The fourth-order valence-corrected chi connectivity index (χ4v) is 53.6. The Morgan fingerprint density at radius 2 is 0.625 bits per heavy atom. The average Bonchev–Trinajstić information content (AvgIpc) is 1.61. The first-order valence-corrected chi connectivity index (χ1v) is 70.0. The molecule has 0 unspecified atom stereocenters. The number of thiophene rings is 3. The summed E-state index contributed by atoms with van der Waals surface area (Å²) in [5.41, 5.74) is 0. The van der Waals surface area contributed by atoms with E-state index >= 15 is 0 Å². The van der Waals surface area contributed by atoms with Crippen LogP contribution in [0.2, 0.25) is 15.1 Å². The molecule has 0 radical (unpaired) electrons. The zero-order valence-corrected chi connectivity index (χ0v) is 92.0. The third kappa shape index (κ3) is 30.1. The fraction of sp³-hybridized carbons (Fsp3) is 0.663. The van der Waals surface area contributed by atoms with Gasteiger partial charge in [-0.1, -0.05) is 113 Å². The van der Waals surface area contributed by atoms with E-state index in [4.69, 9.17) is 39.5 Å².